The molecule has 0 aromatic rings. The third kappa shape index (κ3) is 3.05. The summed E-state index contributed by atoms with van der Waals surface area (Å²) in [6.45, 7) is 5.76. The fraction of sp³-hybridized carbons (Fsp3) is 0.417. The van der Waals surface area contributed by atoms with Gasteiger partial charge in [0.2, 0.25) is 0 Å². The maximum Gasteiger partial charge on any atom is 0.272 e. The standard InChI is InChI=1S/C12H17NO3/c1-3-4-5-6-10(2)11-7-8-16-13(11)12(15)9-14/h3-6,11,14H,2,7-9H2,1H3/b4-3-,6-5-/t11-/m0/s1. The zero-order valence-electron chi connectivity index (χ0n) is 9.43. The highest BCUT2D eigenvalue weighted by atomic mass is 16.7. The number of hydroxylamine groups is 2. The summed E-state index contributed by atoms with van der Waals surface area (Å²) in [4.78, 5) is 16.5. The fourth-order valence-corrected chi connectivity index (χ4v) is 1.52. The molecule has 1 N–H and O–H groups in total. The summed E-state index contributed by atoms with van der Waals surface area (Å²) < 4.78 is 0. The Morgan fingerprint density at radius 2 is 2.38 bits per heavy atom. The minimum absolute atomic E-state index is 0.166. The van der Waals surface area contributed by atoms with Crippen molar-refractivity contribution in [2.45, 2.75) is 19.4 Å². The number of carbonyl (C=O) groups excluding carboxylic acids is 1. The van der Waals surface area contributed by atoms with E-state index in [0.29, 0.717) is 13.0 Å². The van der Waals surface area contributed by atoms with Crippen LogP contribution in [0.5, 0.6) is 0 Å². The number of amides is 1. The molecule has 16 heavy (non-hydrogen) atoms. The highest BCUT2D eigenvalue weighted by molar-refractivity contribution is 5.77. The number of allylic oxidation sites excluding steroid dienone is 3. The van der Waals surface area contributed by atoms with E-state index in [1.54, 1.807) is 0 Å². The molecule has 1 fully saturated rings. The Balaban J connectivity index is 2.64. The van der Waals surface area contributed by atoms with Crippen LogP contribution >= 0.6 is 0 Å². The quantitative estimate of drug-likeness (QED) is 0.728. The van der Waals surface area contributed by atoms with Crippen LogP contribution in [0.3, 0.4) is 0 Å². The second kappa shape index (κ2) is 6.25. The van der Waals surface area contributed by atoms with Gasteiger partial charge < -0.3 is 5.11 Å². The molecular weight excluding hydrogens is 206 g/mol. The Hall–Kier alpha value is -1.39. The van der Waals surface area contributed by atoms with E-state index in [0.717, 1.165) is 5.57 Å². The highest BCUT2D eigenvalue weighted by Gasteiger charge is 2.30. The van der Waals surface area contributed by atoms with Crippen LogP contribution in [-0.2, 0) is 9.63 Å². The molecule has 0 radical (unpaired) electrons. The first-order chi connectivity index (χ1) is 7.70. The molecule has 0 bridgehead atoms. The van der Waals surface area contributed by atoms with Crippen LogP contribution in [0.2, 0.25) is 0 Å². The van der Waals surface area contributed by atoms with Crippen LogP contribution in [0.1, 0.15) is 13.3 Å². The minimum atomic E-state index is -0.539. The molecule has 1 heterocycles. The summed E-state index contributed by atoms with van der Waals surface area (Å²) in [5.74, 6) is -0.428. The Morgan fingerprint density at radius 1 is 1.62 bits per heavy atom. The van der Waals surface area contributed by atoms with Gasteiger partial charge in [-0.25, -0.2) is 5.06 Å². The molecule has 1 aliphatic rings. The van der Waals surface area contributed by atoms with Crippen LogP contribution in [0, 0.1) is 0 Å². The first kappa shape index (κ1) is 12.7. The molecule has 0 unspecified atom stereocenters. The molecular formula is C12H17NO3. The van der Waals surface area contributed by atoms with E-state index in [2.05, 4.69) is 6.58 Å². The van der Waals surface area contributed by atoms with Crippen molar-refractivity contribution in [3.8, 4) is 0 Å². The lowest BCUT2D eigenvalue weighted by molar-refractivity contribution is -0.176. The van der Waals surface area contributed by atoms with Crippen LogP contribution in [0.25, 0.3) is 0 Å². The van der Waals surface area contributed by atoms with E-state index in [1.165, 1.54) is 5.06 Å². The van der Waals surface area contributed by atoms with Gasteiger partial charge in [0.25, 0.3) is 5.91 Å². The Kier molecular flexibility index (Phi) is 4.95. The summed E-state index contributed by atoms with van der Waals surface area (Å²) >= 11 is 0. The van der Waals surface area contributed by atoms with Gasteiger partial charge in [0.15, 0.2) is 0 Å². The van der Waals surface area contributed by atoms with Gasteiger partial charge in [-0.1, -0.05) is 30.9 Å². The van der Waals surface area contributed by atoms with Gasteiger partial charge >= 0.3 is 0 Å². The smallest absolute Gasteiger partial charge is 0.272 e. The molecule has 1 saturated heterocycles. The number of aliphatic hydroxyl groups excluding tert-OH is 1. The van der Waals surface area contributed by atoms with Crippen molar-refractivity contribution in [1.82, 2.24) is 5.06 Å². The van der Waals surface area contributed by atoms with Gasteiger partial charge in [-0.2, -0.15) is 0 Å². The lowest BCUT2D eigenvalue weighted by Crippen LogP contribution is -2.36. The first-order valence-electron chi connectivity index (χ1n) is 5.24. The van der Waals surface area contributed by atoms with Crippen molar-refractivity contribution >= 4 is 5.91 Å². The number of nitrogens with zero attached hydrogens (tertiary/aromatic N) is 1. The first-order valence-corrected chi connectivity index (χ1v) is 5.24. The van der Waals surface area contributed by atoms with E-state index >= 15 is 0 Å². The van der Waals surface area contributed by atoms with Crippen molar-refractivity contribution in [2.75, 3.05) is 13.2 Å². The van der Waals surface area contributed by atoms with Gasteiger partial charge in [0.05, 0.1) is 12.6 Å². The van der Waals surface area contributed by atoms with Crippen LogP contribution in [0.15, 0.2) is 36.5 Å². The summed E-state index contributed by atoms with van der Waals surface area (Å²) in [5, 5.41) is 9.99. The summed E-state index contributed by atoms with van der Waals surface area (Å²) in [6.07, 6.45) is 8.22. The molecule has 0 saturated carbocycles. The van der Waals surface area contributed by atoms with Gasteiger partial charge in [-0.15, -0.1) is 0 Å². The number of hydrogen-bond donors (Lipinski definition) is 1. The predicted molar refractivity (Wildman–Crippen MR) is 61.4 cm³/mol. The van der Waals surface area contributed by atoms with Crippen molar-refractivity contribution < 1.29 is 14.7 Å². The molecule has 4 nitrogen and oxygen atoms in total. The average molecular weight is 223 g/mol. The van der Waals surface area contributed by atoms with Gasteiger partial charge in [-0.3, -0.25) is 9.63 Å². The molecule has 0 spiro atoms. The SMILES string of the molecule is C=C(/C=C\C=C/C)[C@@H]1CCON1C(=O)CO. The van der Waals surface area contributed by atoms with Crippen molar-refractivity contribution in [2.24, 2.45) is 0 Å². The van der Waals surface area contributed by atoms with Crippen molar-refractivity contribution in [3.05, 3.63) is 36.5 Å². The van der Waals surface area contributed by atoms with E-state index in [-0.39, 0.29) is 6.04 Å². The fourth-order valence-electron chi connectivity index (χ4n) is 1.52. The highest BCUT2D eigenvalue weighted by Crippen LogP contribution is 2.21. The van der Waals surface area contributed by atoms with Crippen LogP contribution < -0.4 is 0 Å². The van der Waals surface area contributed by atoms with Gasteiger partial charge in [0, 0.05) is 6.42 Å². The summed E-state index contributed by atoms with van der Waals surface area (Å²) in [6, 6.07) is -0.166. The molecule has 0 aliphatic carbocycles. The molecule has 0 aromatic heterocycles. The zero-order chi connectivity index (χ0) is 12.0. The second-order valence-electron chi connectivity index (χ2n) is 3.48. The lowest BCUT2D eigenvalue weighted by Gasteiger charge is -2.21. The third-order valence-corrected chi connectivity index (χ3v) is 2.33. The Labute approximate surface area is 95.5 Å². The molecule has 4 heteroatoms. The Morgan fingerprint density at radius 3 is 3.00 bits per heavy atom. The average Bonchev–Trinajstić information content (AvgIpc) is 2.77. The lowest BCUT2D eigenvalue weighted by atomic mass is 10.1. The largest absolute Gasteiger partial charge is 0.386 e. The molecule has 1 amide bonds. The third-order valence-electron chi connectivity index (χ3n) is 2.33. The zero-order valence-corrected chi connectivity index (χ0v) is 9.43. The van der Waals surface area contributed by atoms with Crippen LogP contribution in [-0.4, -0.2) is 35.3 Å². The normalized spacial score (nSPS) is 21.1. The molecule has 1 rings (SSSR count). The number of aliphatic hydroxyl groups is 1. The molecule has 1 atom stereocenters. The molecule has 1 aliphatic heterocycles. The summed E-state index contributed by atoms with van der Waals surface area (Å²) in [5.41, 5.74) is 0.803. The summed E-state index contributed by atoms with van der Waals surface area (Å²) in [7, 11) is 0. The maximum atomic E-state index is 11.3. The van der Waals surface area contributed by atoms with E-state index < -0.39 is 12.5 Å². The molecule has 0 aromatic carbocycles. The number of rotatable bonds is 4. The predicted octanol–water partition coefficient (Wildman–Crippen LogP) is 1.20. The monoisotopic (exact) mass is 223 g/mol. The van der Waals surface area contributed by atoms with E-state index in [9.17, 15) is 4.79 Å². The van der Waals surface area contributed by atoms with Crippen molar-refractivity contribution in [1.29, 1.82) is 0 Å². The Bertz CT molecular complexity index is 320. The minimum Gasteiger partial charge on any atom is -0.386 e. The number of hydrogen-bond acceptors (Lipinski definition) is 3. The number of carbonyl (C=O) groups is 1. The van der Waals surface area contributed by atoms with Gasteiger partial charge in [-0.05, 0) is 12.5 Å². The second-order valence-corrected chi connectivity index (χ2v) is 3.48. The maximum absolute atomic E-state index is 11.3. The van der Waals surface area contributed by atoms with E-state index in [1.807, 2.05) is 31.2 Å². The van der Waals surface area contributed by atoms with Crippen molar-refractivity contribution in [3.63, 3.8) is 0 Å². The van der Waals surface area contributed by atoms with E-state index in [4.69, 9.17) is 9.94 Å². The van der Waals surface area contributed by atoms with Gasteiger partial charge in [0.1, 0.15) is 6.61 Å². The molecule has 88 valence electrons. The van der Waals surface area contributed by atoms with Crippen LogP contribution in [0.4, 0.5) is 0 Å². The topological polar surface area (TPSA) is 49.8 Å².